The average molecular weight is 235 g/mol. The fourth-order valence-electron chi connectivity index (χ4n) is 0.939. The molecule has 1 aromatic rings. The van der Waals surface area contributed by atoms with Crippen molar-refractivity contribution in [1.82, 2.24) is 0 Å². The van der Waals surface area contributed by atoms with Crippen LogP contribution in [0.15, 0.2) is 60.1 Å². The van der Waals surface area contributed by atoms with Gasteiger partial charge in [0.2, 0.25) is 0 Å². The molecule has 1 rings (SSSR count). The molecule has 0 aliphatic carbocycles. The predicted molar refractivity (Wildman–Crippen MR) is 62.7 cm³/mol. The first kappa shape index (κ1) is 10.0. The topological polar surface area (TPSA) is 0 Å². The van der Waals surface area contributed by atoms with Crippen LogP contribution >= 0.6 is 15.9 Å². The lowest BCUT2D eigenvalue weighted by Crippen LogP contribution is -1.76. The van der Waals surface area contributed by atoms with Crippen LogP contribution in [0.5, 0.6) is 0 Å². The van der Waals surface area contributed by atoms with Crippen molar-refractivity contribution in [2.24, 2.45) is 0 Å². The van der Waals surface area contributed by atoms with E-state index in [1.54, 1.807) is 0 Å². The maximum atomic E-state index is 3.95. The molecule has 1 aromatic carbocycles. The van der Waals surface area contributed by atoms with Crippen molar-refractivity contribution in [2.75, 3.05) is 0 Å². The largest absolute Gasteiger partial charge is 0.0912 e. The zero-order valence-electron chi connectivity index (χ0n) is 7.33. The Balaban J connectivity index is 2.76. The summed E-state index contributed by atoms with van der Waals surface area (Å²) in [6.07, 6.45) is 3.82. The van der Waals surface area contributed by atoms with Gasteiger partial charge >= 0.3 is 0 Å². The van der Waals surface area contributed by atoms with Crippen LogP contribution in [0.1, 0.15) is 5.56 Å². The van der Waals surface area contributed by atoms with E-state index in [0.717, 1.165) is 15.6 Å². The minimum absolute atomic E-state index is 0.851. The number of allylic oxidation sites excluding steroid dienone is 4. The lowest BCUT2D eigenvalue weighted by atomic mass is 10.1. The molecule has 0 fully saturated rings. The molecule has 13 heavy (non-hydrogen) atoms. The van der Waals surface area contributed by atoms with Gasteiger partial charge in [0.15, 0.2) is 0 Å². The third kappa shape index (κ3) is 3.43. The Bertz CT molecular complexity index is 333. The summed E-state index contributed by atoms with van der Waals surface area (Å²) in [7, 11) is 0. The zero-order chi connectivity index (χ0) is 9.68. The highest BCUT2D eigenvalue weighted by atomic mass is 79.9. The van der Waals surface area contributed by atoms with Crippen LogP contribution in [-0.2, 0) is 0 Å². The summed E-state index contributed by atoms with van der Waals surface area (Å²) < 4.78 is 0.851. The van der Waals surface area contributed by atoms with Gasteiger partial charge < -0.3 is 0 Å². The molecule has 0 saturated heterocycles. The van der Waals surface area contributed by atoms with Crippen molar-refractivity contribution in [3.8, 4) is 0 Å². The summed E-state index contributed by atoms with van der Waals surface area (Å²) >= 11 is 3.25. The third-order valence-corrected chi connectivity index (χ3v) is 1.87. The van der Waals surface area contributed by atoms with Crippen molar-refractivity contribution >= 4 is 21.5 Å². The molecule has 0 amide bonds. The van der Waals surface area contributed by atoms with E-state index >= 15 is 0 Å². The summed E-state index contributed by atoms with van der Waals surface area (Å²) in [6.45, 7) is 7.66. The van der Waals surface area contributed by atoms with E-state index in [1.165, 1.54) is 0 Å². The van der Waals surface area contributed by atoms with E-state index < -0.39 is 0 Å². The van der Waals surface area contributed by atoms with Crippen molar-refractivity contribution in [2.45, 2.75) is 0 Å². The standard InChI is InChI=1S/C12H11Br/c1-10(8-9-11(2)13)12-6-4-3-5-7-12/h3-9H,1-2H2/b9-8-. The van der Waals surface area contributed by atoms with Gasteiger partial charge in [-0.1, -0.05) is 65.5 Å². The van der Waals surface area contributed by atoms with Crippen LogP contribution in [0.4, 0.5) is 0 Å². The number of hydrogen-bond acceptors (Lipinski definition) is 0. The lowest BCUT2D eigenvalue weighted by molar-refractivity contribution is 1.63. The number of hydrogen-bond donors (Lipinski definition) is 0. The van der Waals surface area contributed by atoms with Gasteiger partial charge in [0.05, 0.1) is 0 Å². The molecule has 66 valence electrons. The van der Waals surface area contributed by atoms with Gasteiger partial charge in [-0.3, -0.25) is 0 Å². The molecule has 0 bridgehead atoms. The highest BCUT2D eigenvalue weighted by Gasteiger charge is 1.91. The van der Waals surface area contributed by atoms with Gasteiger partial charge in [0.1, 0.15) is 0 Å². The maximum absolute atomic E-state index is 3.95. The monoisotopic (exact) mass is 234 g/mol. The number of rotatable bonds is 3. The van der Waals surface area contributed by atoms with Crippen molar-refractivity contribution in [1.29, 1.82) is 0 Å². The van der Waals surface area contributed by atoms with Gasteiger partial charge in [-0.05, 0) is 17.2 Å². The fraction of sp³-hybridized carbons (Fsp3) is 0. The highest BCUT2D eigenvalue weighted by Crippen LogP contribution is 2.14. The molecule has 0 spiro atoms. The smallest absolute Gasteiger partial charge is 0.0103 e. The first-order valence-corrected chi connectivity index (χ1v) is 4.76. The summed E-state index contributed by atoms with van der Waals surface area (Å²) in [4.78, 5) is 0. The highest BCUT2D eigenvalue weighted by molar-refractivity contribution is 9.11. The van der Waals surface area contributed by atoms with E-state index in [2.05, 4.69) is 29.1 Å². The van der Waals surface area contributed by atoms with E-state index in [9.17, 15) is 0 Å². The van der Waals surface area contributed by atoms with E-state index in [1.807, 2.05) is 42.5 Å². The third-order valence-electron chi connectivity index (χ3n) is 1.61. The maximum Gasteiger partial charge on any atom is 0.0103 e. The second kappa shape index (κ2) is 4.83. The average Bonchev–Trinajstić information content (AvgIpc) is 2.15. The minimum atomic E-state index is 0.851. The van der Waals surface area contributed by atoms with Gasteiger partial charge in [-0.2, -0.15) is 0 Å². The Morgan fingerprint density at radius 2 is 1.69 bits per heavy atom. The second-order valence-corrected chi connectivity index (χ2v) is 3.69. The SMILES string of the molecule is C=C(Br)/C=C\C(=C)c1ccccc1. The number of halogens is 1. The first-order valence-electron chi connectivity index (χ1n) is 3.97. The molecule has 0 heterocycles. The Morgan fingerprint density at radius 3 is 2.23 bits per heavy atom. The molecule has 0 aromatic heterocycles. The molecule has 0 N–H and O–H groups in total. The Hall–Kier alpha value is -1.08. The Morgan fingerprint density at radius 1 is 1.08 bits per heavy atom. The second-order valence-electron chi connectivity index (χ2n) is 2.67. The van der Waals surface area contributed by atoms with Crippen LogP contribution < -0.4 is 0 Å². The van der Waals surface area contributed by atoms with Gasteiger partial charge in [0.25, 0.3) is 0 Å². The minimum Gasteiger partial charge on any atom is -0.0912 e. The summed E-state index contributed by atoms with van der Waals surface area (Å²) in [6, 6.07) is 10.0. The van der Waals surface area contributed by atoms with Crippen molar-refractivity contribution in [3.63, 3.8) is 0 Å². The van der Waals surface area contributed by atoms with Crippen molar-refractivity contribution in [3.05, 3.63) is 65.7 Å². The van der Waals surface area contributed by atoms with Gasteiger partial charge in [-0.15, -0.1) is 0 Å². The van der Waals surface area contributed by atoms with Crippen LogP contribution in [-0.4, -0.2) is 0 Å². The Labute approximate surface area is 87.4 Å². The molecular weight excluding hydrogens is 224 g/mol. The predicted octanol–water partition coefficient (Wildman–Crippen LogP) is 4.16. The van der Waals surface area contributed by atoms with Crippen LogP contribution in [0.2, 0.25) is 0 Å². The summed E-state index contributed by atoms with van der Waals surface area (Å²) in [5.74, 6) is 0. The fourth-order valence-corrected chi connectivity index (χ4v) is 1.07. The lowest BCUT2D eigenvalue weighted by Gasteiger charge is -1.98. The van der Waals surface area contributed by atoms with E-state index in [-0.39, 0.29) is 0 Å². The van der Waals surface area contributed by atoms with Gasteiger partial charge in [0, 0.05) is 4.48 Å². The first-order chi connectivity index (χ1) is 6.20. The zero-order valence-corrected chi connectivity index (χ0v) is 8.92. The molecule has 0 unspecified atom stereocenters. The Kier molecular flexibility index (Phi) is 3.71. The molecule has 1 heteroatoms. The molecule has 0 aliphatic heterocycles. The molecular formula is C12H11Br. The van der Waals surface area contributed by atoms with E-state index in [4.69, 9.17) is 0 Å². The molecule has 0 aliphatic rings. The summed E-state index contributed by atoms with van der Waals surface area (Å²) in [5.41, 5.74) is 2.12. The number of benzene rings is 1. The quantitative estimate of drug-likeness (QED) is 0.690. The van der Waals surface area contributed by atoms with Crippen molar-refractivity contribution < 1.29 is 0 Å². The van der Waals surface area contributed by atoms with E-state index in [0.29, 0.717) is 0 Å². The van der Waals surface area contributed by atoms with Gasteiger partial charge in [-0.25, -0.2) is 0 Å². The van der Waals surface area contributed by atoms with Crippen LogP contribution in [0, 0.1) is 0 Å². The molecule has 0 atom stereocenters. The summed E-state index contributed by atoms with van der Waals surface area (Å²) in [5, 5.41) is 0. The molecule has 0 nitrogen and oxygen atoms in total. The van der Waals surface area contributed by atoms with Crippen LogP contribution in [0.3, 0.4) is 0 Å². The molecule has 0 radical (unpaired) electrons. The molecule has 0 saturated carbocycles. The normalized spacial score (nSPS) is 10.2. The van der Waals surface area contributed by atoms with Crippen LogP contribution in [0.25, 0.3) is 5.57 Å².